The molecule has 0 aliphatic carbocycles. The minimum atomic E-state index is -0.634. The Bertz CT molecular complexity index is 935. The van der Waals surface area contributed by atoms with Crippen LogP contribution in [0.4, 0.5) is 0 Å². The first-order valence-electron chi connectivity index (χ1n) is 15.1. The molecule has 0 atom stereocenters. The number of hydroxylamine groups is 6. The Morgan fingerprint density at radius 1 is 0.429 bits per heavy atom. The lowest BCUT2D eigenvalue weighted by Crippen LogP contribution is -2.60. The Kier molecular flexibility index (Phi) is 8.39. The van der Waals surface area contributed by atoms with Gasteiger partial charge in [0.1, 0.15) is 18.3 Å². The summed E-state index contributed by atoms with van der Waals surface area (Å²) in [4.78, 5) is 13.6. The van der Waals surface area contributed by atoms with Crippen LogP contribution in [0.2, 0.25) is 0 Å². The molecule has 0 amide bonds. The van der Waals surface area contributed by atoms with E-state index in [0.29, 0.717) is 38.5 Å². The van der Waals surface area contributed by atoms with E-state index >= 15 is 0 Å². The highest BCUT2D eigenvalue weighted by Crippen LogP contribution is 2.41. The standard InChI is InChI=1S/C30H51N6O6/c1-25(2)13-19(14-26(3,4)34(25)37)40-22-31-23(41-20-15-27(5,6)35(38)28(7,8)16-20)33-24(32-22)42-21-17-29(9,10)36(39)30(11,12)18-21/h19-21H,13-18H2,1-12H3. The third-order valence-electron chi connectivity index (χ3n) is 9.05. The van der Waals surface area contributed by atoms with Gasteiger partial charge in [-0.25, -0.2) is 0 Å². The van der Waals surface area contributed by atoms with Gasteiger partial charge in [-0.05, 0) is 83.1 Å². The Morgan fingerprint density at radius 2 is 0.595 bits per heavy atom. The maximum atomic E-state index is 12.9. The highest BCUT2D eigenvalue weighted by molar-refractivity contribution is 5.12. The van der Waals surface area contributed by atoms with Crippen LogP contribution in [0.25, 0.3) is 0 Å². The van der Waals surface area contributed by atoms with Crippen molar-refractivity contribution in [1.82, 2.24) is 30.1 Å². The molecule has 237 valence electrons. The summed E-state index contributed by atoms with van der Waals surface area (Å²) in [6, 6.07) is 0.182. The molecule has 4 heterocycles. The van der Waals surface area contributed by atoms with Gasteiger partial charge in [-0.15, -0.1) is 45.8 Å². The van der Waals surface area contributed by atoms with E-state index in [-0.39, 0.29) is 36.3 Å². The van der Waals surface area contributed by atoms with Crippen LogP contribution >= 0.6 is 0 Å². The van der Waals surface area contributed by atoms with Crippen molar-refractivity contribution in [2.75, 3.05) is 0 Å². The third kappa shape index (κ3) is 6.78. The Balaban J connectivity index is 1.63. The second-order valence-corrected chi connectivity index (χ2v) is 16.4. The molecule has 1 aromatic rings. The molecule has 42 heavy (non-hydrogen) atoms. The quantitative estimate of drug-likeness (QED) is 0.442. The van der Waals surface area contributed by atoms with Crippen molar-refractivity contribution in [3.63, 3.8) is 0 Å². The summed E-state index contributed by atoms with van der Waals surface area (Å²) in [6.07, 6.45) is 2.02. The fraction of sp³-hybridized carbons (Fsp3) is 0.900. The molecule has 3 aliphatic heterocycles. The minimum absolute atomic E-state index is 0.0607. The Hall–Kier alpha value is -1.83. The molecule has 4 rings (SSSR count). The molecule has 3 radical (unpaired) electrons. The van der Waals surface area contributed by atoms with E-state index in [0.717, 1.165) is 15.2 Å². The molecule has 3 saturated heterocycles. The normalized spacial score (nSPS) is 28.4. The average Bonchev–Trinajstić information content (AvgIpc) is 2.78. The summed E-state index contributed by atoms with van der Waals surface area (Å²) in [5.74, 6) is 0. The summed E-state index contributed by atoms with van der Waals surface area (Å²) in [5.41, 5.74) is -3.80. The largest absolute Gasteiger partial charge is 0.460 e. The summed E-state index contributed by atoms with van der Waals surface area (Å²) < 4.78 is 19.0. The first-order chi connectivity index (χ1) is 18.9. The molecule has 3 aliphatic rings. The monoisotopic (exact) mass is 591 g/mol. The van der Waals surface area contributed by atoms with Gasteiger partial charge in [-0.2, -0.15) is 0 Å². The molecule has 0 N–H and O–H groups in total. The molecule has 0 saturated carbocycles. The Labute approximate surface area is 251 Å². The van der Waals surface area contributed by atoms with Crippen LogP contribution in [-0.2, 0) is 15.6 Å². The molecule has 0 spiro atoms. The SMILES string of the molecule is CC1(C)CC(Oc2nc(OC3CC(C)(C)N([O])C(C)(C)C3)nc(OC3CC(C)(C)N([O])C(C)(C)C3)n2)CC(C)(C)N1[O]. The van der Waals surface area contributed by atoms with E-state index in [4.69, 9.17) is 14.2 Å². The van der Waals surface area contributed by atoms with Gasteiger partial charge in [0.05, 0.1) is 0 Å². The van der Waals surface area contributed by atoms with Gasteiger partial charge in [0.2, 0.25) is 0 Å². The number of rotatable bonds is 6. The molecule has 0 bridgehead atoms. The average molecular weight is 592 g/mol. The predicted octanol–water partition coefficient (Wildman–Crippen LogP) is 5.11. The van der Waals surface area contributed by atoms with E-state index < -0.39 is 33.2 Å². The zero-order chi connectivity index (χ0) is 31.7. The van der Waals surface area contributed by atoms with Crippen molar-refractivity contribution in [3.05, 3.63) is 0 Å². The number of aromatic nitrogens is 3. The number of piperidine rings is 3. The van der Waals surface area contributed by atoms with Gasteiger partial charge in [-0.3, -0.25) is 0 Å². The first-order valence-corrected chi connectivity index (χ1v) is 15.1. The topological polar surface area (TPSA) is 136 Å². The van der Waals surface area contributed by atoms with E-state index in [1.807, 2.05) is 83.1 Å². The molecule has 12 nitrogen and oxygen atoms in total. The van der Waals surface area contributed by atoms with Crippen LogP contribution in [0.1, 0.15) is 122 Å². The van der Waals surface area contributed by atoms with Crippen LogP contribution < -0.4 is 14.2 Å². The molecule has 0 aromatic carbocycles. The minimum Gasteiger partial charge on any atom is -0.460 e. The van der Waals surface area contributed by atoms with Crippen LogP contribution in [0.5, 0.6) is 18.0 Å². The summed E-state index contributed by atoms with van der Waals surface area (Å²) in [5, 5.41) is 42.1. The van der Waals surface area contributed by atoms with E-state index in [1.165, 1.54) is 0 Å². The second kappa shape index (κ2) is 10.7. The zero-order valence-corrected chi connectivity index (χ0v) is 27.6. The second-order valence-electron chi connectivity index (χ2n) is 16.4. The third-order valence-corrected chi connectivity index (χ3v) is 9.05. The maximum absolute atomic E-state index is 12.9. The molecular formula is C30H51N6O6. The van der Waals surface area contributed by atoms with Gasteiger partial charge in [0.15, 0.2) is 0 Å². The lowest BCUT2D eigenvalue weighted by molar-refractivity contribution is -0.297. The van der Waals surface area contributed by atoms with E-state index in [2.05, 4.69) is 15.0 Å². The van der Waals surface area contributed by atoms with Crippen LogP contribution in [-0.4, -0.2) is 81.7 Å². The van der Waals surface area contributed by atoms with Crippen LogP contribution in [0, 0.1) is 0 Å². The smallest absolute Gasteiger partial charge is 0.326 e. The van der Waals surface area contributed by atoms with Crippen molar-refractivity contribution in [1.29, 1.82) is 0 Å². The van der Waals surface area contributed by atoms with Crippen LogP contribution in [0.3, 0.4) is 0 Å². The van der Waals surface area contributed by atoms with Gasteiger partial charge >= 0.3 is 18.0 Å². The summed E-state index contributed by atoms with van der Waals surface area (Å²) in [7, 11) is 0. The van der Waals surface area contributed by atoms with Gasteiger partial charge < -0.3 is 14.2 Å². The highest BCUT2D eigenvalue weighted by Gasteiger charge is 2.50. The highest BCUT2D eigenvalue weighted by atomic mass is 16.6. The molecule has 12 heteroatoms. The van der Waals surface area contributed by atoms with Crippen molar-refractivity contribution >= 4 is 0 Å². The fourth-order valence-electron chi connectivity index (χ4n) is 7.69. The number of hydrogen-bond acceptors (Lipinski definition) is 9. The maximum Gasteiger partial charge on any atom is 0.326 e. The van der Waals surface area contributed by atoms with E-state index in [9.17, 15) is 15.6 Å². The fourth-order valence-corrected chi connectivity index (χ4v) is 7.69. The molecule has 3 fully saturated rings. The van der Waals surface area contributed by atoms with Crippen molar-refractivity contribution < 1.29 is 29.8 Å². The van der Waals surface area contributed by atoms with E-state index in [1.54, 1.807) is 0 Å². The van der Waals surface area contributed by atoms with Gasteiger partial charge in [0, 0.05) is 71.8 Å². The lowest BCUT2D eigenvalue weighted by atomic mass is 9.80. The summed E-state index contributed by atoms with van der Waals surface area (Å²) in [6.45, 7) is 22.9. The van der Waals surface area contributed by atoms with Gasteiger partial charge in [0.25, 0.3) is 0 Å². The molecule has 0 unspecified atom stereocenters. The first kappa shape index (κ1) is 33.1. The number of ether oxygens (including phenoxy) is 3. The Morgan fingerprint density at radius 3 is 0.762 bits per heavy atom. The number of nitrogens with zero attached hydrogens (tertiary/aromatic N) is 6. The van der Waals surface area contributed by atoms with Crippen molar-refractivity contribution in [2.45, 2.75) is 173 Å². The van der Waals surface area contributed by atoms with Gasteiger partial charge in [-0.1, -0.05) is 0 Å². The van der Waals surface area contributed by atoms with Crippen molar-refractivity contribution in [2.24, 2.45) is 0 Å². The van der Waals surface area contributed by atoms with Crippen molar-refractivity contribution in [3.8, 4) is 18.0 Å². The van der Waals surface area contributed by atoms with Crippen LogP contribution in [0.15, 0.2) is 0 Å². The lowest BCUT2D eigenvalue weighted by Gasteiger charge is -2.49. The zero-order valence-electron chi connectivity index (χ0n) is 27.6. The molecular weight excluding hydrogens is 540 g/mol. The number of hydrogen-bond donors (Lipinski definition) is 0. The summed E-state index contributed by atoms with van der Waals surface area (Å²) >= 11 is 0. The molecule has 1 aromatic heterocycles. The predicted molar refractivity (Wildman–Crippen MR) is 153 cm³/mol.